The highest BCUT2D eigenvalue weighted by molar-refractivity contribution is 7.13. The van der Waals surface area contributed by atoms with E-state index in [-0.39, 0.29) is 30.1 Å². The van der Waals surface area contributed by atoms with Gasteiger partial charge in [-0.15, -0.1) is 24.5 Å². The van der Waals surface area contributed by atoms with Crippen LogP contribution in [0.15, 0.2) is 29.6 Å². The van der Waals surface area contributed by atoms with Gasteiger partial charge in [-0.05, 0) is 12.1 Å². The first-order valence-corrected chi connectivity index (χ1v) is 10.3. The molecule has 0 saturated carbocycles. The predicted molar refractivity (Wildman–Crippen MR) is 105 cm³/mol. The van der Waals surface area contributed by atoms with Gasteiger partial charge >= 0.3 is 18.4 Å². The lowest BCUT2D eigenvalue weighted by molar-refractivity contribution is -0.274. The number of hydrogen-bond donors (Lipinski definition) is 2. The van der Waals surface area contributed by atoms with Gasteiger partial charge in [0.1, 0.15) is 17.6 Å². The average Bonchev–Trinajstić information content (AvgIpc) is 3.13. The van der Waals surface area contributed by atoms with Crippen LogP contribution in [0.2, 0.25) is 0 Å². The van der Waals surface area contributed by atoms with Gasteiger partial charge in [0, 0.05) is 43.8 Å². The molecule has 1 aliphatic rings. The van der Waals surface area contributed by atoms with Gasteiger partial charge in [0.15, 0.2) is 5.13 Å². The summed E-state index contributed by atoms with van der Waals surface area (Å²) >= 11 is 1.22. The van der Waals surface area contributed by atoms with Crippen molar-refractivity contribution in [1.29, 1.82) is 0 Å². The van der Waals surface area contributed by atoms with Gasteiger partial charge in [-0.25, -0.2) is 9.78 Å². The summed E-state index contributed by atoms with van der Waals surface area (Å²) in [6, 6.07) is 5.01. The Labute approximate surface area is 179 Å². The highest BCUT2D eigenvalue weighted by Crippen LogP contribution is 2.28. The number of thiazole rings is 1. The van der Waals surface area contributed by atoms with E-state index in [2.05, 4.69) is 15.0 Å². The van der Waals surface area contributed by atoms with Gasteiger partial charge in [0.25, 0.3) is 0 Å². The average molecular weight is 459 g/mol. The SMILES string of the molecule is O=C(O)CCc1csc(NC(=O)N2CCC(Oc3cccc(OC(F)(F)F)c3)CC2)n1. The number of aliphatic carboxylic acids is 1. The van der Waals surface area contributed by atoms with Crippen molar-refractivity contribution in [2.45, 2.75) is 38.1 Å². The number of benzene rings is 1. The summed E-state index contributed by atoms with van der Waals surface area (Å²) in [5.41, 5.74) is 0.603. The normalized spacial score (nSPS) is 14.9. The smallest absolute Gasteiger partial charge is 0.490 e. The second kappa shape index (κ2) is 9.86. The summed E-state index contributed by atoms with van der Waals surface area (Å²) < 4.78 is 46.7. The van der Waals surface area contributed by atoms with E-state index < -0.39 is 12.3 Å². The number of alkyl halides is 3. The summed E-state index contributed by atoms with van der Waals surface area (Å²) in [4.78, 5) is 28.8. The van der Waals surface area contributed by atoms with E-state index in [1.807, 2.05) is 0 Å². The maximum absolute atomic E-state index is 12.4. The topological polar surface area (TPSA) is 101 Å². The number of aromatic nitrogens is 1. The van der Waals surface area contributed by atoms with Crippen LogP contribution >= 0.6 is 11.3 Å². The van der Waals surface area contributed by atoms with Crippen LogP contribution in [0.1, 0.15) is 25.0 Å². The molecule has 31 heavy (non-hydrogen) atoms. The first kappa shape index (κ1) is 22.7. The van der Waals surface area contributed by atoms with Crippen molar-refractivity contribution in [1.82, 2.24) is 9.88 Å². The molecule has 0 atom stereocenters. The number of carboxylic acids is 1. The number of rotatable bonds is 7. The van der Waals surface area contributed by atoms with Crippen molar-refractivity contribution >= 4 is 28.5 Å². The van der Waals surface area contributed by atoms with Crippen LogP contribution in [0.4, 0.5) is 23.1 Å². The molecular weight excluding hydrogens is 439 g/mol. The third-order valence-electron chi connectivity index (χ3n) is 4.43. The third kappa shape index (κ3) is 7.31. The number of carbonyl (C=O) groups excluding carboxylic acids is 1. The Morgan fingerprint density at radius 1 is 1.26 bits per heavy atom. The van der Waals surface area contributed by atoms with Crippen LogP contribution < -0.4 is 14.8 Å². The summed E-state index contributed by atoms with van der Waals surface area (Å²) in [5.74, 6) is -1.00. The molecule has 2 amide bonds. The zero-order valence-electron chi connectivity index (χ0n) is 16.2. The number of nitrogens with zero attached hydrogens (tertiary/aromatic N) is 2. The minimum atomic E-state index is -4.77. The number of piperidine rings is 1. The first-order valence-electron chi connectivity index (χ1n) is 9.42. The second-order valence-corrected chi connectivity index (χ2v) is 7.65. The van der Waals surface area contributed by atoms with E-state index in [9.17, 15) is 22.8 Å². The molecule has 1 saturated heterocycles. The van der Waals surface area contributed by atoms with Crippen LogP contribution in [0.25, 0.3) is 0 Å². The number of hydrogen-bond acceptors (Lipinski definition) is 6. The van der Waals surface area contributed by atoms with E-state index >= 15 is 0 Å². The summed E-state index contributed by atoms with van der Waals surface area (Å²) in [7, 11) is 0. The van der Waals surface area contributed by atoms with Crippen molar-refractivity contribution in [3.05, 3.63) is 35.3 Å². The fraction of sp³-hybridized carbons (Fsp3) is 0.421. The number of carboxylic acid groups (broad SMARTS) is 1. The van der Waals surface area contributed by atoms with Crippen LogP contribution in [0.5, 0.6) is 11.5 Å². The van der Waals surface area contributed by atoms with Gasteiger partial charge in [0.2, 0.25) is 0 Å². The molecule has 0 spiro atoms. The standard InChI is InChI=1S/C19H20F3N3O5S/c20-19(21,22)30-15-3-1-2-14(10-15)29-13-6-8-25(9-7-13)18(28)24-17-23-12(11-31-17)4-5-16(26)27/h1-3,10-11,13H,4-9H2,(H,26,27)(H,23,24,28). The summed E-state index contributed by atoms with van der Waals surface area (Å²) in [5, 5.41) is 13.5. The fourth-order valence-corrected chi connectivity index (χ4v) is 3.73. The van der Waals surface area contributed by atoms with E-state index in [0.29, 0.717) is 43.2 Å². The van der Waals surface area contributed by atoms with Gasteiger partial charge in [0.05, 0.1) is 12.1 Å². The third-order valence-corrected chi connectivity index (χ3v) is 5.24. The monoisotopic (exact) mass is 459 g/mol. The van der Waals surface area contributed by atoms with E-state index in [0.717, 1.165) is 0 Å². The molecule has 1 fully saturated rings. The Hall–Kier alpha value is -3.02. The minimum Gasteiger partial charge on any atom is -0.490 e. The van der Waals surface area contributed by atoms with Crippen molar-refractivity contribution in [3.8, 4) is 11.5 Å². The van der Waals surface area contributed by atoms with E-state index in [4.69, 9.17) is 9.84 Å². The zero-order valence-corrected chi connectivity index (χ0v) is 17.0. The van der Waals surface area contributed by atoms with E-state index in [1.165, 1.54) is 29.5 Å². The van der Waals surface area contributed by atoms with Crippen LogP contribution in [0, 0.1) is 0 Å². The van der Waals surface area contributed by atoms with Crippen LogP contribution in [0.3, 0.4) is 0 Å². The number of likely N-dealkylation sites (tertiary alicyclic amines) is 1. The largest absolute Gasteiger partial charge is 0.573 e. The van der Waals surface area contributed by atoms with Crippen molar-refractivity contribution in [2.75, 3.05) is 18.4 Å². The number of ether oxygens (including phenoxy) is 2. The molecule has 168 valence electrons. The molecular formula is C19H20F3N3O5S. The number of halogens is 3. The van der Waals surface area contributed by atoms with Crippen LogP contribution in [-0.2, 0) is 11.2 Å². The highest BCUT2D eigenvalue weighted by Gasteiger charge is 2.31. The fourth-order valence-electron chi connectivity index (χ4n) is 3.00. The maximum atomic E-state index is 12.4. The number of carbonyl (C=O) groups is 2. The predicted octanol–water partition coefficient (Wildman–Crippen LogP) is 4.13. The number of anilines is 1. The van der Waals surface area contributed by atoms with Gasteiger partial charge in [-0.2, -0.15) is 0 Å². The minimum absolute atomic E-state index is 0.0319. The number of aryl methyl sites for hydroxylation is 1. The lowest BCUT2D eigenvalue weighted by atomic mass is 10.1. The Balaban J connectivity index is 1.46. The number of urea groups is 1. The quantitative estimate of drug-likeness (QED) is 0.646. The summed E-state index contributed by atoms with van der Waals surface area (Å²) in [6.07, 6.45) is -3.73. The van der Waals surface area contributed by atoms with Crippen molar-refractivity contribution in [2.24, 2.45) is 0 Å². The molecule has 2 aromatic rings. The molecule has 1 aliphatic heterocycles. The molecule has 1 aromatic heterocycles. The Bertz CT molecular complexity index is 913. The lowest BCUT2D eigenvalue weighted by Gasteiger charge is -2.32. The number of amides is 2. The van der Waals surface area contributed by atoms with Gasteiger partial charge in [-0.1, -0.05) is 6.07 Å². The highest BCUT2D eigenvalue weighted by atomic mass is 32.1. The molecule has 2 N–H and O–H groups in total. The first-order chi connectivity index (χ1) is 14.7. The molecule has 0 bridgehead atoms. The molecule has 8 nitrogen and oxygen atoms in total. The second-order valence-electron chi connectivity index (χ2n) is 6.79. The molecule has 0 aliphatic carbocycles. The van der Waals surface area contributed by atoms with Gasteiger partial charge in [-0.3, -0.25) is 10.1 Å². The van der Waals surface area contributed by atoms with E-state index in [1.54, 1.807) is 16.3 Å². The molecule has 0 unspecified atom stereocenters. The van der Waals surface area contributed by atoms with Crippen molar-refractivity contribution < 1.29 is 37.3 Å². The van der Waals surface area contributed by atoms with Gasteiger partial charge < -0.3 is 19.5 Å². The lowest BCUT2D eigenvalue weighted by Crippen LogP contribution is -2.43. The molecule has 0 radical (unpaired) electrons. The molecule has 1 aromatic carbocycles. The van der Waals surface area contributed by atoms with Crippen molar-refractivity contribution in [3.63, 3.8) is 0 Å². The number of nitrogens with one attached hydrogen (secondary N) is 1. The Morgan fingerprint density at radius 2 is 1.97 bits per heavy atom. The zero-order chi connectivity index (χ0) is 22.4. The summed E-state index contributed by atoms with van der Waals surface area (Å²) in [6.45, 7) is 0.818. The maximum Gasteiger partial charge on any atom is 0.573 e. The molecule has 3 rings (SSSR count). The molecule has 2 heterocycles. The Kier molecular flexibility index (Phi) is 7.21. The molecule has 12 heteroatoms. The van der Waals surface area contributed by atoms with Crippen LogP contribution in [-0.4, -0.2) is 52.5 Å². The Morgan fingerprint density at radius 3 is 2.65 bits per heavy atom.